The molecule has 3 aliphatic rings. The van der Waals surface area contributed by atoms with Gasteiger partial charge < -0.3 is 19.6 Å². The van der Waals surface area contributed by atoms with E-state index < -0.39 is 5.60 Å². The van der Waals surface area contributed by atoms with E-state index in [0.717, 1.165) is 72.1 Å². The normalized spacial score (nSPS) is 21.4. The summed E-state index contributed by atoms with van der Waals surface area (Å²) < 4.78 is 6.43. The molecule has 2 N–H and O–H groups in total. The van der Waals surface area contributed by atoms with Crippen LogP contribution < -0.4 is 0 Å². The molecule has 0 spiro atoms. The van der Waals surface area contributed by atoms with Crippen molar-refractivity contribution >= 4 is 5.71 Å². The summed E-state index contributed by atoms with van der Waals surface area (Å²) in [5.74, 6) is 2.27. The van der Waals surface area contributed by atoms with Gasteiger partial charge in [0.2, 0.25) is 0 Å². The third-order valence-corrected chi connectivity index (χ3v) is 7.51. The number of fused-ring (bicyclic) bond motifs is 1. The molecular formula is C27H29N3O3. The maximum atomic E-state index is 11.6. The largest absolute Gasteiger partial charge is 0.457 e. The molecule has 0 atom stereocenters. The summed E-state index contributed by atoms with van der Waals surface area (Å²) in [5, 5.41) is 24.3. The summed E-state index contributed by atoms with van der Waals surface area (Å²) in [4.78, 5) is 6.64. The second kappa shape index (κ2) is 8.12. The molecule has 6 heteroatoms. The number of hydrogen-bond acceptors (Lipinski definition) is 6. The first-order valence-corrected chi connectivity index (χ1v) is 12.0. The summed E-state index contributed by atoms with van der Waals surface area (Å²) in [6.45, 7) is 2.96. The van der Waals surface area contributed by atoms with Gasteiger partial charge in [0.1, 0.15) is 17.1 Å². The highest BCUT2D eigenvalue weighted by molar-refractivity contribution is 6.04. The number of aromatic nitrogens is 1. The number of hydrogen-bond donors (Lipinski definition) is 2. The average molecular weight is 444 g/mol. The Morgan fingerprint density at radius 3 is 2.52 bits per heavy atom. The first-order valence-electron chi connectivity index (χ1n) is 12.0. The molecule has 1 saturated carbocycles. The Hall–Kier alpha value is -2.96. The summed E-state index contributed by atoms with van der Waals surface area (Å²) in [6, 6.07) is 12.2. The van der Waals surface area contributed by atoms with E-state index in [2.05, 4.69) is 27.2 Å². The zero-order valence-electron chi connectivity index (χ0n) is 18.7. The third kappa shape index (κ3) is 3.87. The van der Waals surface area contributed by atoms with Crippen molar-refractivity contribution in [3.8, 4) is 22.5 Å². The van der Waals surface area contributed by atoms with Crippen LogP contribution in [0, 0.1) is 5.92 Å². The zero-order chi connectivity index (χ0) is 22.4. The lowest BCUT2D eigenvalue weighted by atomic mass is 9.88. The third-order valence-electron chi connectivity index (χ3n) is 7.51. The number of furan rings is 1. The second-order valence-electron chi connectivity index (χ2n) is 9.78. The van der Waals surface area contributed by atoms with Crippen molar-refractivity contribution in [3.63, 3.8) is 0 Å². The lowest BCUT2D eigenvalue weighted by Crippen LogP contribution is -2.43. The van der Waals surface area contributed by atoms with Crippen molar-refractivity contribution in [1.29, 1.82) is 0 Å². The molecule has 2 fully saturated rings. The highest BCUT2D eigenvalue weighted by Gasteiger charge is 2.39. The van der Waals surface area contributed by atoms with Gasteiger partial charge in [0, 0.05) is 48.7 Å². The molecule has 1 saturated heterocycles. The topological polar surface area (TPSA) is 82.1 Å². The van der Waals surface area contributed by atoms with Crippen molar-refractivity contribution in [3.05, 3.63) is 65.7 Å². The van der Waals surface area contributed by atoms with E-state index in [4.69, 9.17) is 4.42 Å². The fourth-order valence-corrected chi connectivity index (χ4v) is 5.31. The van der Waals surface area contributed by atoms with Crippen LogP contribution in [0.25, 0.3) is 22.5 Å². The SMILES string of the molecule is O/N=C1/CCc2cc(-c3cc(C4(O)CCN(CC5CC5)CC4)oc3-c3ccncc3)ccc21. The van der Waals surface area contributed by atoms with Crippen LogP contribution in [-0.2, 0) is 12.0 Å². The van der Waals surface area contributed by atoms with E-state index in [1.807, 2.05) is 24.3 Å². The van der Waals surface area contributed by atoms with Crippen LogP contribution in [0.1, 0.15) is 49.0 Å². The van der Waals surface area contributed by atoms with Crippen molar-refractivity contribution in [2.24, 2.45) is 11.1 Å². The minimum atomic E-state index is -0.951. The van der Waals surface area contributed by atoms with E-state index in [1.54, 1.807) is 12.4 Å². The van der Waals surface area contributed by atoms with Gasteiger partial charge in [-0.1, -0.05) is 23.4 Å². The Morgan fingerprint density at radius 1 is 1.00 bits per heavy atom. The summed E-state index contributed by atoms with van der Waals surface area (Å²) in [5.41, 5.74) is 4.94. The number of aryl methyl sites for hydroxylation is 1. The molecule has 0 unspecified atom stereocenters. The Labute approximate surface area is 193 Å². The fraction of sp³-hybridized carbons (Fsp3) is 0.407. The number of benzene rings is 1. The van der Waals surface area contributed by atoms with E-state index in [0.29, 0.717) is 18.6 Å². The molecule has 3 heterocycles. The molecule has 170 valence electrons. The second-order valence-corrected chi connectivity index (χ2v) is 9.78. The van der Waals surface area contributed by atoms with Crippen LogP contribution in [0.15, 0.2) is 58.4 Å². The molecule has 6 rings (SSSR count). The van der Waals surface area contributed by atoms with E-state index in [-0.39, 0.29) is 0 Å². The van der Waals surface area contributed by atoms with Gasteiger partial charge in [-0.05, 0) is 73.8 Å². The molecule has 33 heavy (non-hydrogen) atoms. The van der Waals surface area contributed by atoms with Crippen LogP contribution in [0.3, 0.4) is 0 Å². The monoisotopic (exact) mass is 443 g/mol. The first-order chi connectivity index (χ1) is 16.1. The van der Waals surface area contributed by atoms with Crippen molar-refractivity contribution in [1.82, 2.24) is 9.88 Å². The Bertz CT molecular complexity index is 1190. The van der Waals surface area contributed by atoms with E-state index in [9.17, 15) is 10.3 Å². The van der Waals surface area contributed by atoms with Crippen LogP contribution in [0.2, 0.25) is 0 Å². The summed E-state index contributed by atoms with van der Waals surface area (Å²) >= 11 is 0. The average Bonchev–Trinajstić information content (AvgIpc) is 3.39. The van der Waals surface area contributed by atoms with Crippen molar-refractivity contribution in [2.45, 2.75) is 44.1 Å². The molecule has 2 aliphatic carbocycles. The Balaban J connectivity index is 1.36. The number of rotatable bonds is 5. The van der Waals surface area contributed by atoms with Gasteiger partial charge in [-0.15, -0.1) is 0 Å². The fourth-order valence-electron chi connectivity index (χ4n) is 5.31. The lowest BCUT2D eigenvalue weighted by Gasteiger charge is -2.37. The van der Waals surface area contributed by atoms with Crippen LogP contribution in [0.5, 0.6) is 0 Å². The predicted octanol–water partition coefficient (Wildman–Crippen LogP) is 4.83. The van der Waals surface area contributed by atoms with Gasteiger partial charge in [0.15, 0.2) is 0 Å². The molecular weight excluding hydrogens is 414 g/mol. The predicted molar refractivity (Wildman–Crippen MR) is 126 cm³/mol. The smallest absolute Gasteiger partial charge is 0.142 e. The van der Waals surface area contributed by atoms with Gasteiger partial charge >= 0.3 is 0 Å². The maximum Gasteiger partial charge on any atom is 0.142 e. The lowest BCUT2D eigenvalue weighted by molar-refractivity contribution is -0.0423. The van der Waals surface area contributed by atoms with E-state index in [1.165, 1.54) is 18.4 Å². The summed E-state index contributed by atoms with van der Waals surface area (Å²) in [6.07, 6.45) is 9.21. The highest BCUT2D eigenvalue weighted by atomic mass is 16.4. The molecule has 0 bridgehead atoms. The Morgan fingerprint density at radius 2 is 1.79 bits per heavy atom. The number of oxime groups is 1. The van der Waals surface area contributed by atoms with Crippen LogP contribution in [-0.4, -0.2) is 45.5 Å². The van der Waals surface area contributed by atoms with Gasteiger partial charge in [-0.2, -0.15) is 0 Å². The van der Waals surface area contributed by atoms with E-state index >= 15 is 0 Å². The van der Waals surface area contributed by atoms with Crippen molar-refractivity contribution in [2.75, 3.05) is 19.6 Å². The van der Waals surface area contributed by atoms with Crippen molar-refractivity contribution < 1.29 is 14.7 Å². The number of likely N-dealkylation sites (tertiary alicyclic amines) is 1. The number of pyridine rings is 1. The molecule has 0 radical (unpaired) electrons. The molecule has 6 nitrogen and oxygen atoms in total. The molecule has 1 aliphatic heterocycles. The van der Waals surface area contributed by atoms with Gasteiger partial charge in [0.25, 0.3) is 0 Å². The highest BCUT2D eigenvalue weighted by Crippen LogP contribution is 2.43. The molecule has 1 aromatic carbocycles. The first kappa shape index (κ1) is 20.6. The van der Waals surface area contributed by atoms with Gasteiger partial charge in [-0.3, -0.25) is 4.98 Å². The maximum absolute atomic E-state index is 11.6. The standard InChI is InChI=1S/C27H29N3O3/c31-27(9-13-30(14-10-27)17-18-1-2-18)25-16-23(26(33-25)19-7-11-28-12-8-19)21-3-5-22-20(15-21)4-6-24(22)29-32/h3,5,7-8,11-12,15-16,18,31-32H,1-2,4,6,9-10,13-14,17H2/b29-24-. The number of nitrogens with zero attached hydrogens (tertiary/aromatic N) is 3. The Kier molecular flexibility index (Phi) is 5.07. The summed E-state index contributed by atoms with van der Waals surface area (Å²) in [7, 11) is 0. The van der Waals surface area contributed by atoms with Gasteiger partial charge in [-0.25, -0.2) is 0 Å². The molecule has 2 aromatic heterocycles. The number of piperidine rings is 1. The molecule has 3 aromatic rings. The minimum Gasteiger partial charge on any atom is -0.457 e. The zero-order valence-corrected chi connectivity index (χ0v) is 18.7. The molecule has 0 amide bonds. The van der Waals surface area contributed by atoms with Gasteiger partial charge in [0.05, 0.1) is 5.71 Å². The van der Waals surface area contributed by atoms with Crippen LogP contribution >= 0.6 is 0 Å². The number of aliphatic hydroxyl groups is 1. The van der Waals surface area contributed by atoms with Crippen LogP contribution in [0.4, 0.5) is 0 Å². The minimum absolute atomic E-state index is 0.647. The quantitative estimate of drug-likeness (QED) is 0.436.